The lowest BCUT2D eigenvalue weighted by Gasteiger charge is -2.32. The first-order valence-corrected chi connectivity index (χ1v) is 13.2. The maximum atomic E-state index is 13.1. The van der Waals surface area contributed by atoms with E-state index in [1.807, 2.05) is 71.0 Å². The Hall–Kier alpha value is -3.62. The first kappa shape index (κ1) is 27.0. The van der Waals surface area contributed by atoms with Crippen LogP contribution in [0, 0.1) is 6.92 Å². The average Bonchev–Trinajstić information content (AvgIpc) is 3.34. The molecule has 3 aromatic rings. The van der Waals surface area contributed by atoms with Gasteiger partial charge in [0.15, 0.2) is 0 Å². The Morgan fingerprint density at radius 3 is 2.05 bits per heavy atom. The molecule has 1 fully saturated rings. The van der Waals surface area contributed by atoms with Gasteiger partial charge in [0, 0.05) is 11.6 Å². The summed E-state index contributed by atoms with van der Waals surface area (Å²) >= 11 is 0. The zero-order valence-electron chi connectivity index (χ0n) is 23.3. The number of methoxy groups -OCH3 is 1. The average molecular weight is 527 g/mol. The number of carbonyl (C=O) groups is 2. The standard InChI is InChI=1S/C31H34BNO6/c1-19-20(16-28(34)36-6)15-21(32-38-30(2,3)31(4,5)39-32)17-27(19)33-29(35)37-18-26-24-13-9-7-11-22(24)23-12-8-10-14-25(23)26/h7-15,17,26H,16,18H2,1-6H3,(H,33,35). The van der Waals surface area contributed by atoms with Crippen LogP contribution in [-0.4, -0.2) is 44.1 Å². The van der Waals surface area contributed by atoms with E-state index in [0.717, 1.165) is 16.7 Å². The van der Waals surface area contributed by atoms with Crippen molar-refractivity contribution in [2.24, 2.45) is 0 Å². The highest BCUT2D eigenvalue weighted by atomic mass is 16.7. The van der Waals surface area contributed by atoms with Gasteiger partial charge in [-0.05, 0) is 79.5 Å². The van der Waals surface area contributed by atoms with E-state index in [0.29, 0.717) is 16.7 Å². The zero-order chi connectivity index (χ0) is 27.9. The Morgan fingerprint density at radius 1 is 0.923 bits per heavy atom. The summed E-state index contributed by atoms with van der Waals surface area (Å²) in [5, 5.41) is 2.89. The molecule has 0 bridgehead atoms. The second-order valence-electron chi connectivity index (χ2n) is 11.1. The minimum atomic E-state index is -0.657. The zero-order valence-corrected chi connectivity index (χ0v) is 23.3. The number of anilines is 1. The van der Waals surface area contributed by atoms with Gasteiger partial charge in [-0.25, -0.2) is 4.79 Å². The van der Waals surface area contributed by atoms with Crippen LogP contribution in [0.25, 0.3) is 11.1 Å². The Labute approximate surface area is 229 Å². The summed E-state index contributed by atoms with van der Waals surface area (Å²) in [6.07, 6.45) is -0.523. The van der Waals surface area contributed by atoms with Crippen molar-refractivity contribution in [2.75, 3.05) is 19.0 Å². The molecule has 0 unspecified atom stereocenters. The van der Waals surface area contributed by atoms with E-state index in [1.54, 1.807) is 0 Å². The number of nitrogens with one attached hydrogen (secondary N) is 1. The summed E-state index contributed by atoms with van der Waals surface area (Å²) in [5.74, 6) is -0.425. The van der Waals surface area contributed by atoms with Crippen LogP contribution in [0.3, 0.4) is 0 Å². The van der Waals surface area contributed by atoms with E-state index in [2.05, 4.69) is 29.6 Å². The van der Waals surface area contributed by atoms with Crippen LogP contribution < -0.4 is 10.8 Å². The summed E-state index contributed by atoms with van der Waals surface area (Å²) in [6.45, 7) is 9.97. The molecule has 1 heterocycles. The fraction of sp³-hybridized carbons (Fsp3) is 0.355. The first-order valence-electron chi connectivity index (χ1n) is 13.2. The molecule has 39 heavy (non-hydrogen) atoms. The van der Waals surface area contributed by atoms with Crippen molar-refractivity contribution < 1.29 is 28.4 Å². The molecule has 0 spiro atoms. The number of hydrogen-bond acceptors (Lipinski definition) is 6. The normalized spacial score (nSPS) is 16.9. The van der Waals surface area contributed by atoms with Crippen molar-refractivity contribution in [3.8, 4) is 11.1 Å². The summed E-state index contributed by atoms with van der Waals surface area (Å²) < 4.78 is 23.1. The van der Waals surface area contributed by atoms with Crippen molar-refractivity contribution >= 4 is 30.3 Å². The van der Waals surface area contributed by atoms with Crippen molar-refractivity contribution in [1.82, 2.24) is 0 Å². The molecular weight excluding hydrogens is 493 g/mol. The number of carbonyl (C=O) groups excluding carboxylic acids is 2. The number of rotatable bonds is 6. The van der Waals surface area contributed by atoms with Gasteiger partial charge in [0.1, 0.15) is 6.61 Å². The van der Waals surface area contributed by atoms with E-state index in [9.17, 15) is 9.59 Å². The van der Waals surface area contributed by atoms with Crippen molar-refractivity contribution in [3.63, 3.8) is 0 Å². The van der Waals surface area contributed by atoms with Gasteiger partial charge < -0.3 is 18.8 Å². The minimum absolute atomic E-state index is 0.0461. The molecule has 2 aliphatic rings. The van der Waals surface area contributed by atoms with Crippen LogP contribution in [0.2, 0.25) is 0 Å². The SMILES string of the molecule is COC(=O)Cc1cc(B2OC(C)(C)C(C)(C)O2)cc(NC(=O)OCC2c3ccccc3-c3ccccc32)c1C. The van der Waals surface area contributed by atoms with Crippen molar-refractivity contribution in [1.29, 1.82) is 0 Å². The van der Waals surface area contributed by atoms with Crippen LogP contribution in [0.4, 0.5) is 10.5 Å². The van der Waals surface area contributed by atoms with Gasteiger partial charge in [-0.15, -0.1) is 0 Å². The molecule has 7 nitrogen and oxygen atoms in total. The highest BCUT2D eigenvalue weighted by Gasteiger charge is 2.52. The van der Waals surface area contributed by atoms with Gasteiger partial charge in [-0.2, -0.15) is 0 Å². The van der Waals surface area contributed by atoms with Gasteiger partial charge in [-0.1, -0.05) is 54.6 Å². The van der Waals surface area contributed by atoms with Crippen molar-refractivity contribution in [2.45, 2.75) is 58.2 Å². The van der Waals surface area contributed by atoms with Crippen LogP contribution in [0.15, 0.2) is 60.7 Å². The van der Waals surface area contributed by atoms with E-state index >= 15 is 0 Å². The van der Waals surface area contributed by atoms with Crippen molar-refractivity contribution in [3.05, 3.63) is 82.9 Å². The first-order chi connectivity index (χ1) is 18.5. The third-order valence-electron chi connectivity index (χ3n) is 8.21. The maximum absolute atomic E-state index is 13.1. The Bertz CT molecular complexity index is 1370. The molecule has 5 rings (SSSR count). The minimum Gasteiger partial charge on any atom is -0.469 e. The van der Waals surface area contributed by atoms with E-state index in [4.69, 9.17) is 18.8 Å². The van der Waals surface area contributed by atoms with Gasteiger partial charge in [0.2, 0.25) is 0 Å². The third-order valence-corrected chi connectivity index (χ3v) is 8.21. The molecule has 1 aliphatic heterocycles. The highest BCUT2D eigenvalue weighted by molar-refractivity contribution is 6.62. The van der Waals surface area contributed by atoms with Crippen LogP contribution in [-0.2, 0) is 30.0 Å². The van der Waals surface area contributed by atoms with Crippen LogP contribution in [0.5, 0.6) is 0 Å². The summed E-state index contributed by atoms with van der Waals surface area (Å²) in [6, 6.07) is 20.1. The fourth-order valence-electron chi connectivity index (χ4n) is 5.20. The third kappa shape index (κ3) is 5.06. The molecule has 0 saturated carbocycles. The number of amides is 1. The largest absolute Gasteiger partial charge is 0.494 e. The highest BCUT2D eigenvalue weighted by Crippen LogP contribution is 2.44. The quantitative estimate of drug-likeness (QED) is 0.343. The smallest absolute Gasteiger partial charge is 0.469 e. The molecule has 3 aromatic carbocycles. The molecule has 1 amide bonds. The predicted octanol–water partition coefficient (Wildman–Crippen LogP) is 5.37. The molecule has 8 heteroatoms. The lowest BCUT2D eigenvalue weighted by Crippen LogP contribution is -2.41. The summed E-state index contributed by atoms with van der Waals surface area (Å²) in [7, 11) is 0.695. The second-order valence-corrected chi connectivity index (χ2v) is 11.1. The van der Waals surface area contributed by atoms with Gasteiger partial charge in [-0.3, -0.25) is 10.1 Å². The van der Waals surface area contributed by atoms with E-state index in [-0.39, 0.29) is 24.9 Å². The number of ether oxygens (including phenoxy) is 2. The molecular formula is C31H34BNO6. The Balaban J connectivity index is 1.38. The molecule has 202 valence electrons. The topological polar surface area (TPSA) is 83.1 Å². The number of benzene rings is 3. The van der Waals surface area contributed by atoms with Gasteiger partial charge in [0.05, 0.1) is 24.7 Å². The lowest BCUT2D eigenvalue weighted by atomic mass is 9.77. The fourth-order valence-corrected chi connectivity index (χ4v) is 5.20. The Morgan fingerprint density at radius 2 is 1.49 bits per heavy atom. The summed E-state index contributed by atoms with van der Waals surface area (Å²) in [4.78, 5) is 25.2. The number of fused-ring (bicyclic) bond motifs is 3. The van der Waals surface area contributed by atoms with E-state index in [1.165, 1.54) is 18.2 Å². The molecule has 1 N–H and O–H groups in total. The lowest BCUT2D eigenvalue weighted by molar-refractivity contribution is -0.139. The molecule has 0 radical (unpaired) electrons. The molecule has 0 aromatic heterocycles. The number of hydrogen-bond donors (Lipinski definition) is 1. The predicted molar refractivity (Wildman–Crippen MR) is 151 cm³/mol. The van der Waals surface area contributed by atoms with Crippen LogP contribution >= 0.6 is 0 Å². The number of esters is 1. The molecule has 1 saturated heterocycles. The van der Waals surface area contributed by atoms with E-state index < -0.39 is 24.4 Å². The summed E-state index contributed by atoms with van der Waals surface area (Å²) in [5.41, 5.74) is 6.23. The van der Waals surface area contributed by atoms with Crippen LogP contribution in [0.1, 0.15) is 55.9 Å². The maximum Gasteiger partial charge on any atom is 0.494 e. The second kappa shape index (κ2) is 10.2. The molecule has 1 aliphatic carbocycles. The van der Waals surface area contributed by atoms with Gasteiger partial charge >= 0.3 is 19.2 Å². The monoisotopic (exact) mass is 527 g/mol. The Kier molecular flexibility index (Phi) is 7.03. The van der Waals surface area contributed by atoms with Gasteiger partial charge in [0.25, 0.3) is 0 Å². The molecule has 0 atom stereocenters.